The van der Waals surface area contributed by atoms with Crippen molar-refractivity contribution in [1.29, 1.82) is 0 Å². The van der Waals surface area contributed by atoms with Crippen LogP contribution in [0, 0.1) is 6.92 Å². The van der Waals surface area contributed by atoms with Crippen molar-refractivity contribution < 1.29 is 9.32 Å². The summed E-state index contributed by atoms with van der Waals surface area (Å²) in [6.45, 7) is 3.05. The van der Waals surface area contributed by atoms with Crippen molar-refractivity contribution in [2.75, 3.05) is 0 Å². The number of Topliss-reactive ketones (excluding diaryl/α,β-unsaturated/α-hetero) is 1. The molecular weight excluding hydrogens is 154 g/mol. The second-order valence-corrected chi connectivity index (χ2v) is 2.34. The van der Waals surface area contributed by atoms with Gasteiger partial charge >= 0.3 is 0 Å². The molecule has 0 atom stereocenters. The zero-order valence-corrected chi connectivity index (χ0v) is 6.40. The Morgan fingerprint density at radius 1 is 1.70 bits per heavy atom. The summed E-state index contributed by atoms with van der Waals surface area (Å²) in [6.07, 6.45) is 0. The molecule has 0 aliphatic carbocycles. The molecule has 0 bridgehead atoms. The van der Waals surface area contributed by atoms with Gasteiger partial charge in [-0.1, -0.05) is 16.8 Å². The van der Waals surface area contributed by atoms with Crippen LogP contribution in [-0.4, -0.2) is 10.9 Å². The molecule has 1 heterocycles. The third-order valence-corrected chi connectivity index (χ3v) is 1.57. The average Bonchev–Trinajstić information content (AvgIpc) is 2.14. The highest BCUT2D eigenvalue weighted by Gasteiger charge is 2.13. The molecule has 0 fully saturated rings. The Morgan fingerprint density at radius 3 is 2.50 bits per heavy atom. The molecule has 0 saturated carbocycles. The van der Waals surface area contributed by atoms with E-state index in [1.807, 2.05) is 0 Å². The fourth-order valence-corrected chi connectivity index (χ4v) is 0.782. The number of aryl methyl sites for hydroxylation is 1. The number of carbonyl (C=O) groups is 1. The first-order chi connectivity index (χ1) is 4.63. The van der Waals surface area contributed by atoms with Crippen molar-refractivity contribution in [2.24, 2.45) is 0 Å². The van der Waals surface area contributed by atoms with Crippen molar-refractivity contribution in [3.05, 3.63) is 16.5 Å². The highest BCUT2D eigenvalue weighted by molar-refractivity contribution is 6.34. The molecule has 0 spiro atoms. The lowest BCUT2D eigenvalue weighted by Gasteiger charge is -1.83. The smallest absolute Gasteiger partial charge is 0.183 e. The summed E-state index contributed by atoms with van der Waals surface area (Å²) < 4.78 is 4.65. The van der Waals surface area contributed by atoms with Crippen molar-refractivity contribution in [3.8, 4) is 0 Å². The van der Waals surface area contributed by atoms with Crippen LogP contribution in [0.4, 0.5) is 0 Å². The predicted octanol–water partition coefficient (Wildman–Crippen LogP) is 1.84. The number of hydrogen-bond donors (Lipinski definition) is 0. The van der Waals surface area contributed by atoms with Gasteiger partial charge in [0.25, 0.3) is 0 Å². The van der Waals surface area contributed by atoms with Gasteiger partial charge in [0.1, 0.15) is 5.02 Å². The minimum absolute atomic E-state index is 0.179. The molecule has 0 radical (unpaired) electrons. The molecule has 3 nitrogen and oxygen atoms in total. The van der Waals surface area contributed by atoms with E-state index in [0.717, 1.165) is 0 Å². The van der Waals surface area contributed by atoms with Crippen molar-refractivity contribution in [3.63, 3.8) is 0 Å². The normalized spacial score (nSPS) is 9.90. The number of halogens is 1. The lowest BCUT2D eigenvalue weighted by molar-refractivity contribution is 0.100. The Bertz CT molecular complexity index is 267. The molecule has 1 aromatic rings. The molecule has 0 aromatic carbocycles. The van der Waals surface area contributed by atoms with Crippen LogP contribution in [0.5, 0.6) is 0 Å². The van der Waals surface area contributed by atoms with E-state index in [1.165, 1.54) is 6.92 Å². The summed E-state index contributed by atoms with van der Waals surface area (Å²) in [6, 6.07) is 0. The van der Waals surface area contributed by atoms with Crippen molar-refractivity contribution in [2.45, 2.75) is 13.8 Å². The van der Waals surface area contributed by atoms with Gasteiger partial charge in [0.05, 0.1) is 0 Å². The van der Waals surface area contributed by atoms with Crippen LogP contribution in [-0.2, 0) is 0 Å². The fourth-order valence-electron chi connectivity index (χ4n) is 0.580. The zero-order chi connectivity index (χ0) is 7.72. The molecule has 10 heavy (non-hydrogen) atoms. The lowest BCUT2D eigenvalue weighted by Crippen LogP contribution is -1.91. The number of aromatic nitrogens is 1. The average molecular weight is 160 g/mol. The Kier molecular flexibility index (Phi) is 1.76. The van der Waals surface area contributed by atoms with Gasteiger partial charge in [-0.3, -0.25) is 4.79 Å². The number of rotatable bonds is 1. The quantitative estimate of drug-likeness (QED) is 0.588. The molecule has 0 saturated heterocycles. The number of ketones is 1. The summed E-state index contributed by atoms with van der Waals surface area (Å²) >= 11 is 5.63. The predicted molar refractivity (Wildman–Crippen MR) is 36.3 cm³/mol. The summed E-state index contributed by atoms with van der Waals surface area (Å²) in [4.78, 5) is 10.7. The zero-order valence-electron chi connectivity index (χ0n) is 5.64. The molecule has 0 unspecified atom stereocenters. The van der Waals surface area contributed by atoms with Gasteiger partial charge in [-0.2, -0.15) is 0 Å². The third kappa shape index (κ3) is 1.04. The largest absolute Gasteiger partial charge is 0.359 e. The van der Waals surface area contributed by atoms with E-state index in [0.29, 0.717) is 10.8 Å². The summed E-state index contributed by atoms with van der Waals surface area (Å²) in [5, 5.41) is 3.77. The molecule has 1 aromatic heterocycles. The molecule has 1 rings (SSSR count). The minimum atomic E-state index is -0.179. The number of nitrogens with zero attached hydrogens (tertiary/aromatic N) is 1. The van der Waals surface area contributed by atoms with E-state index in [4.69, 9.17) is 11.6 Å². The van der Waals surface area contributed by atoms with Crippen molar-refractivity contribution in [1.82, 2.24) is 5.16 Å². The van der Waals surface area contributed by atoms with Gasteiger partial charge in [0.2, 0.25) is 0 Å². The Balaban J connectivity index is 3.17. The maximum atomic E-state index is 10.7. The highest BCUT2D eigenvalue weighted by Crippen LogP contribution is 2.19. The first-order valence-electron chi connectivity index (χ1n) is 2.75. The molecule has 54 valence electrons. The third-order valence-electron chi connectivity index (χ3n) is 1.12. The first kappa shape index (κ1) is 7.28. The van der Waals surface area contributed by atoms with E-state index < -0.39 is 0 Å². The minimum Gasteiger partial charge on any atom is -0.359 e. The Labute approximate surface area is 63.0 Å². The van der Waals surface area contributed by atoms with Gasteiger partial charge in [-0.25, -0.2) is 0 Å². The second kappa shape index (κ2) is 2.42. The van der Waals surface area contributed by atoms with Gasteiger partial charge < -0.3 is 4.52 Å². The van der Waals surface area contributed by atoms with E-state index >= 15 is 0 Å². The first-order valence-corrected chi connectivity index (χ1v) is 3.13. The van der Waals surface area contributed by atoms with Crippen LogP contribution in [0.25, 0.3) is 0 Å². The molecule has 0 amide bonds. The fraction of sp³-hybridized carbons (Fsp3) is 0.333. The van der Waals surface area contributed by atoms with Gasteiger partial charge in [-0.15, -0.1) is 0 Å². The highest BCUT2D eigenvalue weighted by atomic mass is 35.5. The van der Waals surface area contributed by atoms with Crippen LogP contribution >= 0.6 is 11.6 Å². The van der Waals surface area contributed by atoms with Crippen LogP contribution < -0.4 is 0 Å². The standard InChI is InChI=1S/C6H6ClNO2/c1-3(9)6-5(7)4(2)10-8-6/h1-2H3. The summed E-state index contributed by atoms with van der Waals surface area (Å²) in [5.74, 6) is 0.300. The summed E-state index contributed by atoms with van der Waals surface area (Å²) in [5.41, 5.74) is 0.208. The SMILES string of the molecule is CC(=O)c1noc(C)c1Cl. The van der Waals surface area contributed by atoms with Crippen LogP contribution in [0.3, 0.4) is 0 Å². The summed E-state index contributed by atoms with van der Waals surface area (Å²) in [7, 11) is 0. The van der Waals surface area contributed by atoms with Crippen LogP contribution in [0.15, 0.2) is 4.52 Å². The molecule has 0 N–H and O–H groups in total. The van der Waals surface area contributed by atoms with Crippen LogP contribution in [0.2, 0.25) is 5.02 Å². The topological polar surface area (TPSA) is 43.1 Å². The van der Waals surface area contributed by atoms with E-state index in [-0.39, 0.29) is 11.5 Å². The van der Waals surface area contributed by atoms with E-state index in [2.05, 4.69) is 9.68 Å². The number of carbonyl (C=O) groups excluding carboxylic acids is 1. The number of hydrogen-bond acceptors (Lipinski definition) is 3. The maximum absolute atomic E-state index is 10.7. The molecular formula is C6H6ClNO2. The Hall–Kier alpha value is -0.830. The molecule has 4 heteroatoms. The van der Waals surface area contributed by atoms with Gasteiger partial charge in [-0.05, 0) is 6.92 Å². The maximum Gasteiger partial charge on any atom is 0.183 e. The molecule has 0 aliphatic heterocycles. The lowest BCUT2D eigenvalue weighted by atomic mass is 10.3. The van der Waals surface area contributed by atoms with Gasteiger partial charge in [0, 0.05) is 6.92 Å². The van der Waals surface area contributed by atoms with Crippen LogP contribution in [0.1, 0.15) is 23.2 Å². The van der Waals surface area contributed by atoms with Crippen molar-refractivity contribution >= 4 is 17.4 Å². The van der Waals surface area contributed by atoms with E-state index in [1.54, 1.807) is 6.92 Å². The second-order valence-electron chi connectivity index (χ2n) is 1.96. The Morgan fingerprint density at radius 2 is 2.30 bits per heavy atom. The monoisotopic (exact) mass is 159 g/mol. The molecule has 0 aliphatic rings. The van der Waals surface area contributed by atoms with E-state index in [9.17, 15) is 4.79 Å². The van der Waals surface area contributed by atoms with Gasteiger partial charge in [0.15, 0.2) is 17.2 Å².